The number of halogens is 3. The smallest absolute Gasteiger partial charge is 0.287 e. The molecule has 0 radical (unpaired) electrons. The summed E-state index contributed by atoms with van der Waals surface area (Å²) in [7, 11) is -3.63. The summed E-state index contributed by atoms with van der Waals surface area (Å²) in [6.07, 6.45) is -0.308. The second kappa shape index (κ2) is 6.65. The van der Waals surface area contributed by atoms with Crippen molar-refractivity contribution in [2.75, 3.05) is 13.2 Å². The van der Waals surface area contributed by atoms with Crippen LogP contribution in [0.1, 0.15) is 20.8 Å². The molecule has 92 valence electrons. The first-order chi connectivity index (χ1) is 6.68. The summed E-state index contributed by atoms with van der Waals surface area (Å²) in [6, 6.07) is 0. The molecule has 15 heavy (non-hydrogen) atoms. The van der Waals surface area contributed by atoms with Gasteiger partial charge in [0.25, 0.3) is 0 Å². The lowest BCUT2D eigenvalue weighted by atomic mass is 10.5. The Bertz CT molecular complexity index is 229. The molecule has 4 nitrogen and oxygen atoms in total. The van der Waals surface area contributed by atoms with E-state index in [4.69, 9.17) is 48.4 Å². The molecule has 0 saturated carbocycles. The summed E-state index contributed by atoms with van der Waals surface area (Å²) in [4.78, 5) is 0. The Morgan fingerprint density at radius 1 is 1.27 bits per heavy atom. The Balaban J connectivity index is 4.32. The van der Waals surface area contributed by atoms with E-state index in [1.54, 1.807) is 20.8 Å². The van der Waals surface area contributed by atoms with Crippen LogP contribution in [0.4, 0.5) is 0 Å². The van der Waals surface area contributed by atoms with Crippen molar-refractivity contribution in [1.82, 2.24) is 0 Å². The van der Waals surface area contributed by atoms with E-state index in [0.29, 0.717) is 0 Å². The van der Waals surface area contributed by atoms with Crippen LogP contribution in [0.5, 0.6) is 0 Å². The first kappa shape index (κ1) is 16.0. The standard InChI is InChI=1S/C7H14Cl3O4P/c1-4-12-15(11,14-6(2)3)13-5-7(8,9)10/h6H,4-5H2,1-3H3. The Morgan fingerprint density at radius 2 is 1.80 bits per heavy atom. The molecule has 8 heteroatoms. The van der Waals surface area contributed by atoms with Crippen molar-refractivity contribution in [1.29, 1.82) is 0 Å². The molecule has 0 rings (SSSR count). The van der Waals surface area contributed by atoms with E-state index in [1.165, 1.54) is 0 Å². The van der Waals surface area contributed by atoms with Crippen molar-refractivity contribution < 1.29 is 18.1 Å². The number of phosphoric acid groups is 1. The Hall–Kier alpha value is 0.980. The second-order valence-corrected chi connectivity index (χ2v) is 7.05. The van der Waals surface area contributed by atoms with Gasteiger partial charge in [0.1, 0.15) is 6.61 Å². The van der Waals surface area contributed by atoms with Crippen LogP contribution in [0.25, 0.3) is 0 Å². The summed E-state index contributed by atoms with van der Waals surface area (Å²) in [5.41, 5.74) is 0. The number of phosphoric ester groups is 1. The number of hydrogen-bond donors (Lipinski definition) is 0. The number of alkyl halides is 3. The van der Waals surface area contributed by atoms with Crippen LogP contribution in [-0.2, 0) is 18.1 Å². The lowest BCUT2D eigenvalue weighted by Gasteiger charge is -2.21. The van der Waals surface area contributed by atoms with Crippen LogP contribution in [0.3, 0.4) is 0 Å². The highest BCUT2D eigenvalue weighted by Gasteiger charge is 2.32. The summed E-state index contributed by atoms with van der Waals surface area (Å²) < 4.78 is 24.9. The predicted octanol–water partition coefficient (Wildman–Crippen LogP) is 3.94. The minimum Gasteiger partial charge on any atom is -0.287 e. The number of rotatable bonds is 6. The average Bonchev–Trinajstić information content (AvgIpc) is 1.99. The lowest BCUT2D eigenvalue weighted by Crippen LogP contribution is -2.15. The van der Waals surface area contributed by atoms with Crippen molar-refractivity contribution in [3.05, 3.63) is 0 Å². The van der Waals surface area contributed by atoms with Crippen LogP contribution >= 0.6 is 42.6 Å². The highest BCUT2D eigenvalue weighted by molar-refractivity contribution is 7.48. The molecule has 0 saturated heterocycles. The summed E-state index contributed by atoms with van der Waals surface area (Å²) in [5.74, 6) is 0. The Morgan fingerprint density at radius 3 is 2.13 bits per heavy atom. The van der Waals surface area contributed by atoms with E-state index in [0.717, 1.165) is 0 Å². The fraction of sp³-hybridized carbons (Fsp3) is 1.00. The van der Waals surface area contributed by atoms with Gasteiger partial charge in [-0.25, -0.2) is 4.57 Å². The van der Waals surface area contributed by atoms with Crippen LogP contribution < -0.4 is 0 Å². The van der Waals surface area contributed by atoms with Crippen LogP contribution in [0.2, 0.25) is 0 Å². The van der Waals surface area contributed by atoms with Crippen molar-refractivity contribution in [2.45, 2.75) is 30.7 Å². The highest BCUT2D eigenvalue weighted by Crippen LogP contribution is 2.51. The van der Waals surface area contributed by atoms with Gasteiger partial charge in [0.15, 0.2) is 0 Å². The molecule has 0 aliphatic carbocycles. The molecule has 0 N–H and O–H groups in total. The van der Waals surface area contributed by atoms with Crippen molar-refractivity contribution in [3.63, 3.8) is 0 Å². The molecule has 0 fully saturated rings. The van der Waals surface area contributed by atoms with Crippen LogP contribution in [0.15, 0.2) is 0 Å². The first-order valence-electron chi connectivity index (χ1n) is 4.33. The SMILES string of the molecule is CCOP(=O)(OCC(Cl)(Cl)Cl)OC(C)C. The largest absolute Gasteiger partial charge is 0.475 e. The molecule has 0 bridgehead atoms. The van der Waals surface area contributed by atoms with Gasteiger partial charge in [-0.15, -0.1) is 0 Å². The molecule has 0 aromatic heterocycles. The van der Waals surface area contributed by atoms with Crippen molar-refractivity contribution >= 4 is 42.6 Å². The molecule has 0 amide bonds. The molecule has 0 heterocycles. The summed E-state index contributed by atoms with van der Waals surface area (Å²) in [5, 5.41) is 0. The monoisotopic (exact) mass is 298 g/mol. The average molecular weight is 300 g/mol. The molecule has 0 aromatic rings. The fourth-order valence-electron chi connectivity index (χ4n) is 0.667. The highest BCUT2D eigenvalue weighted by atomic mass is 35.6. The molecule has 0 aliphatic heterocycles. The third-order valence-corrected chi connectivity index (χ3v) is 3.04. The van der Waals surface area contributed by atoms with Crippen molar-refractivity contribution in [2.24, 2.45) is 0 Å². The van der Waals surface area contributed by atoms with Gasteiger partial charge in [0, 0.05) is 0 Å². The fourth-order valence-corrected chi connectivity index (χ4v) is 2.44. The van der Waals surface area contributed by atoms with E-state index in [9.17, 15) is 4.57 Å². The molecular formula is C7H14Cl3O4P. The maximum Gasteiger partial charge on any atom is 0.475 e. The van der Waals surface area contributed by atoms with E-state index < -0.39 is 11.6 Å². The van der Waals surface area contributed by atoms with E-state index >= 15 is 0 Å². The Labute approximate surface area is 105 Å². The van der Waals surface area contributed by atoms with Crippen LogP contribution in [0, 0.1) is 0 Å². The molecule has 1 atom stereocenters. The lowest BCUT2D eigenvalue weighted by molar-refractivity contribution is 0.0953. The zero-order valence-corrected chi connectivity index (χ0v) is 11.9. The van der Waals surface area contributed by atoms with Gasteiger partial charge in [0.2, 0.25) is 3.79 Å². The van der Waals surface area contributed by atoms with Gasteiger partial charge in [-0.2, -0.15) is 0 Å². The topological polar surface area (TPSA) is 44.8 Å². The second-order valence-electron chi connectivity index (χ2n) is 2.91. The van der Waals surface area contributed by atoms with E-state index in [-0.39, 0.29) is 19.3 Å². The Kier molecular flexibility index (Phi) is 7.09. The minimum absolute atomic E-state index is 0.184. The quantitative estimate of drug-likeness (QED) is 0.550. The number of hydrogen-bond acceptors (Lipinski definition) is 4. The van der Waals surface area contributed by atoms with Crippen LogP contribution in [-0.4, -0.2) is 23.1 Å². The van der Waals surface area contributed by atoms with E-state index in [1.807, 2.05) is 0 Å². The third kappa shape index (κ3) is 8.75. The van der Waals surface area contributed by atoms with Gasteiger partial charge < -0.3 is 0 Å². The van der Waals surface area contributed by atoms with Gasteiger partial charge in [-0.1, -0.05) is 34.8 Å². The summed E-state index contributed by atoms with van der Waals surface area (Å²) >= 11 is 16.3. The van der Waals surface area contributed by atoms with E-state index in [2.05, 4.69) is 0 Å². The molecule has 0 aliphatic rings. The predicted molar refractivity (Wildman–Crippen MR) is 61.7 cm³/mol. The zero-order chi connectivity index (χ0) is 12.1. The van der Waals surface area contributed by atoms with Crippen molar-refractivity contribution in [3.8, 4) is 0 Å². The maximum absolute atomic E-state index is 11.8. The third-order valence-electron chi connectivity index (χ3n) is 1.01. The van der Waals surface area contributed by atoms with Gasteiger partial charge in [0.05, 0.1) is 12.7 Å². The van der Waals surface area contributed by atoms with Gasteiger partial charge in [-0.3, -0.25) is 13.6 Å². The summed E-state index contributed by atoms with van der Waals surface area (Å²) in [6.45, 7) is 4.88. The molecule has 1 unspecified atom stereocenters. The molecular weight excluding hydrogens is 285 g/mol. The van der Waals surface area contributed by atoms with Gasteiger partial charge in [-0.05, 0) is 20.8 Å². The zero-order valence-electron chi connectivity index (χ0n) is 8.71. The first-order valence-corrected chi connectivity index (χ1v) is 6.92. The molecule has 0 spiro atoms. The molecule has 0 aromatic carbocycles. The maximum atomic E-state index is 11.8. The minimum atomic E-state index is -3.63. The van der Waals surface area contributed by atoms with Gasteiger partial charge >= 0.3 is 7.82 Å². The normalized spacial score (nSPS) is 16.7.